The van der Waals surface area contributed by atoms with E-state index in [1.165, 1.54) is 0 Å². The molecule has 1 atom stereocenters. The van der Waals surface area contributed by atoms with Crippen molar-refractivity contribution in [3.63, 3.8) is 0 Å². The molecule has 0 radical (unpaired) electrons. The summed E-state index contributed by atoms with van der Waals surface area (Å²) in [7, 11) is 0. The van der Waals surface area contributed by atoms with Gasteiger partial charge in [0.1, 0.15) is 0 Å². The van der Waals surface area contributed by atoms with Gasteiger partial charge >= 0.3 is 0 Å². The third kappa shape index (κ3) is 1.56. The minimum atomic E-state index is 0.453. The van der Waals surface area contributed by atoms with E-state index in [0.29, 0.717) is 6.10 Å². The average molecular weight is 220 g/mol. The Morgan fingerprint density at radius 3 is 3.20 bits per heavy atom. The molecule has 0 spiro atoms. The molecule has 10 heavy (non-hydrogen) atoms. The van der Waals surface area contributed by atoms with Crippen molar-refractivity contribution in [1.82, 2.24) is 4.98 Å². The summed E-state index contributed by atoms with van der Waals surface area (Å²) in [5.41, 5.74) is 1.14. The second-order valence-corrected chi connectivity index (χ2v) is 4.39. The number of epoxide rings is 1. The molecule has 2 nitrogen and oxygen atoms in total. The molecule has 1 saturated heterocycles. The van der Waals surface area contributed by atoms with Gasteiger partial charge in [-0.3, -0.25) is 0 Å². The lowest BCUT2D eigenvalue weighted by Crippen LogP contribution is -1.91. The molecule has 1 aromatic rings. The first-order chi connectivity index (χ1) is 4.84. The molecule has 0 amide bonds. The van der Waals surface area contributed by atoms with E-state index in [0.717, 1.165) is 22.6 Å². The number of ether oxygens (including phenoxy) is 1. The molecule has 0 aliphatic carbocycles. The summed E-state index contributed by atoms with van der Waals surface area (Å²) in [4.78, 5) is 4.25. The van der Waals surface area contributed by atoms with Crippen molar-refractivity contribution in [2.45, 2.75) is 12.5 Å². The largest absolute Gasteiger partial charge is 0.373 e. The summed E-state index contributed by atoms with van der Waals surface area (Å²) in [6.45, 7) is 0.912. The fraction of sp³-hybridized carbons (Fsp3) is 0.500. The van der Waals surface area contributed by atoms with Gasteiger partial charge < -0.3 is 4.74 Å². The molecule has 1 fully saturated rings. The average Bonchev–Trinajstić information content (AvgIpc) is 2.59. The summed E-state index contributed by atoms with van der Waals surface area (Å²) >= 11 is 4.93. The first-order valence-corrected chi connectivity index (χ1v) is 4.73. The third-order valence-corrected chi connectivity index (χ3v) is 2.78. The second kappa shape index (κ2) is 2.60. The van der Waals surface area contributed by atoms with E-state index >= 15 is 0 Å². The van der Waals surface area contributed by atoms with Crippen LogP contribution in [0.15, 0.2) is 9.30 Å². The normalized spacial score (nSPS) is 23.1. The van der Waals surface area contributed by atoms with Crippen LogP contribution in [0.4, 0.5) is 0 Å². The Kier molecular flexibility index (Phi) is 1.76. The van der Waals surface area contributed by atoms with Gasteiger partial charge in [0, 0.05) is 11.8 Å². The maximum Gasteiger partial charge on any atom is 0.159 e. The van der Waals surface area contributed by atoms with E-state index in [1.807, 2.05) is 0 Å². The van der Waals surface area contributed by atoms with Gasteiger partial charge in [0.25, 0.3) is 0 Å². The predicted octanol–water partition coefficient (Wildman–Crippen LogP) is 1.85. The Morgan fingerprint density at radius 1 is 1.90 bits per heavy atom. The fourth-order valence-electron chi connectivity index (χ4n) is 0.795. The molecule has 2 heterocycles. The Morgan fingerprint density at radius 2 is 2.70 bits per heavy atom. The zero-order valence-electron chi connectivity index (χ0n) is 5.21. The van der Waals surface area contributed by atoms with Crippen LogP contribution in [0.25, 0.3) is 0 Å². The summed E-state index contributed by atoms with van der Waals surface area (Å²) in [5.74, 6) is 0. The smallest absolute Gasteiger partial charge is 0.159 e. The first-order valence-electron chi connectivity index (χ1n) is 3.06. The first kappa shape index (κ1) is 6.76. The van der Waals surface area contributed by atoms with Crippen LogP contribution in [0.1, 0.15) is 5.69 Å². The molecule has 0 N–H and O–H groups in total. The van der Waals surface area contributed by atoms with E-state index in [2.05, 4.69) is 26.3 Å². The zero-order valence-corrected chi connectivity index (χ0v) is 7.61. The monoisotopic (exact) mass is 219 g/mol. The summed E-state index contributed by atoms with van der Waals surface area (Å²) < 4.78 is 6.03. The van der Waals surface area contributed by atoms with Crippen LogP contribution in [0.5, 0.6) is 0 Å². The number of halogens is 1. The van der Waals surface area contributed by atoms with Crippen LogP contribution in [0, 0.1) is 0 Å². The SMILES string of the molecule is Brc1nc(CC2CO2)cs1. The van der Waals surface area contributed by atoms with Crippen LogP contribution in [-0.2, 0) is 11.2 Å². The van der Waals surface area contributed by atoms with Crippen molar-refractivity contribution in [2.75, 3.05) is 6.61 Å². The molecular weight excluding hydrogens is 214 g/mol. The van der Waals surface area contributed by atoms with Crippen molar-refractivity contribution in [2.24, 2.45) is 0 Å². The molecule has 1 unspecified atom stereocenters. The van der Waals surface area contributed by atoms with Crippen LogP contribution < -0.4 is 0 Å². The summed E-state index contributed by atoms with van der Waals surface area (Å²) in [6.07, 6.45) is 1.43. The van der Waals surface area contributed by atoms with Gasteiger partial charge in [-0.25, -0.2) is 4.98 Å². The molecule has 4 heteroatoms. The highest BCUT2D eigenvalue weighted by Gasteiger charge is 2.23. The highest BCUT2D eigenvalue weighted by molar-refractivity contribution is 9.11. The van der Waals surface area contributed by atoms with Gasteiger partial charge in [0.15, 0.2) is 3.92 Å². The van der Waals surface area contributed by atoms with Gasteiger partial charge in [-0.2, -0.15) is 0 Å². The number of thiazole rings is 1. The molecule has 0 saturated carbocycles. The molecule has 1 aromatic heterocycles. The molecular formula is C6H6BrNOS. The van der Waals surface area contributed by atoms with E-state index in [4.69, 9.17) is 4.74 Å². The topological polar surface area (TPSA) is 25.4 Å². The van der Waals surface area contributed by atoms with Gasteiger partial charge in [-0.05, 0) is 15.9 Å². The third-order valence-electron chi connectivity index (χ3n) is 1.36. The number of aromatic nitrogens is 1. The van der Waals surface area contributed by atoms with E-state index in [1.54, 1.807) is 11.3 Å². The Hall–Kier alpha value is 0.0700. The van der Waals surface area contributed by atoms with E-state index < -0.39 is 0 Å². The van der Waals surface area contributed by atoms with Crippen molar-refractivity contribution in [3.05, 3.63) is 15.0 Å². The predicted molar refractivity (Wildman–Crippen MR) is 43.3 cm³/mol. The molecule has 1 aliphatic rings. The van der Waals surface area contributed by atoms with Crippen molar-refractivity contribution in [1.29, 1.82) is 0 Å². The Bertz CT molecular complexity index is 233. The highest BCUT2D eigenvalue weighted by atomic mass is 79.9. The van der Waals surface area contributed by atoms with Crippen LogP contribution in [0.3, 0.4) is 0 Å². The maximum atomic E-state index is 5.07. The minimum Gasteiger partial charge on any atom is -0.373 e. The molecule has 54 valence electrons. The van der Waals surface area contributed by atoms with Gasteiger partial charge in [-0.1, -0.05) is 0 Å². The molecule has 0 bridgehead atoms. The number of hydrogen-bond acceptors (Lipinski definition) is 3. The van der Waals surface area contributed by atoms with Gasteiger partial charge in [0.2, 0.25) is 0 Å². The van der Waals surface area contributed by atoms with Crippen LogP contribution in [-0.4, -0.2) is 17.7 Å². The van der Waals surface area contributed by atoms with Gasteiger partial charge in [-0.15, -0.1) is 11.3 Å². The summed E-state index contributed by atoms with van der Waals surface area (Å²) in [5, 5.41) is 2.06. The highest BCUT2D eigenvalue weighted by Crippen LogP contribution is 2.20. The number of hydrogen-bond donors (Lipinski definition) is 0. The fourth-order valence-corrected chi connectivity index (χ4v) is 1.86. The second-order valence-electron chi connectivity index (χ2n) is 2.25. The van der Waals surface area contributed by atoms with Crippen LogP contribution >= 0.6 is 27.3 Å². The Labute approximate surface area is 71.4 Å². The van der Waals surface area contributed by atoms with E-state index in [9.17, 15) is 0 Å². The minimum absolute atomic E-state index is 0.453. The molecule has 1 aliphatic heterocycles. The molecule has 2 rings (SSSR count). The Balaban J connectivity index is 2.03. The van der Waals surface area contributed by atoms with Crippen molar-refractivity contribution >= 4 is 27.3 Å². The zero-order chi connectivity index (χ0) is 6.97. The van der Waals surface area contributed by atoms with Gasteiger partial charge in [0.05, 0.1) is 18.4 Å². The lowest BCUT2D eigenvalue weighted by Gasteiger charge is -1.85. The van der Waals surface area contributed by atoms with Crippen molar-refractivity contribution < 1.29 is 4.74 Å². The maximum absolute atomic E-state index is 5.07. The standard InChI is InChI=1S/C6H6BrNOS/c7-6-8-4(3-10-6)1-5-2-9-5/h3,5H,1-2H2. The van der Waals surface area contributed by atoms with E-state index in [-0.39, 0.29) is 0 Å². The quantitative estimate of drug-likeness (QED) is 0.710. The van der Waals surface area contributed by atoms with Crippen molar-refractivity contribution in [3.8, 4) is 0 Å². The number of nitrogens with zero attached hydrogens (tertiary/aromatic N) is 1. The van der Waals surface area contributed by atoms with Crippen LogP contribution in [0.2, 0.25) is 0 Å². The number of rotatable bonds is 2. The molecule has 0 aromatic carbocycles. The summed E-state index contributed by atoms with van der Waals surface area (Å²) in [6, 6.07) is 0. The lowest BCUT2D eigenvalue weighted by atomic mass is 10.3. The lowest BCUT2D eigenvalue weighted by molar-refractivity contribution is 0.406.